The molecule has 19 heavy (non-hydrogen) atoms. The Kier molecular flexibility index (Phi) is 6.54. The first kappa shape index (κ1) is 16.2. The number of aliphatic hydroxyl groups is 1. The van der Waals surface area contributed by atoms with Crippen LogP contribution in [0.15, 0.2) is 0 Å². The number of hydrogen-bond donors (Lipinski definition) is 3. The third kappa shape index (κ3) is 4.97. The van der Waals surface area contributed by atoms with Gasteiger partial charge in [-0.05, 0) is 26.9 Å². The van der Waals surface area contributed by atoms with Crippen LogP contribution in [0.3, 0.4) is 0 Å². The number of urea groups is 1. The minimum Gasteiger partial charge on any atom is -0.388 e. The number of aliphatic hydroxyl groups excluding tert-OH is 1. The number of carbonyl (C=O) groups excluding carboxylic acids is 1. The van der Waals surface area contributed by atoms with E-state index in [2.05, 4.69) is 29.4 Å². The molecule has 0 radical (unpaired) electrons. The number of amides is 2. The fourth-order valence-electron chi connectivity index (χ4n) is 2.18. The minimum absolute atomic E-state index is 0.0749. The van der Waals surface area contributed by atoms with E-state index in [-0.39, 0.29) is 24.2 Å². The largest absolute Gasteiger partial charge is 0.388 e. The SMILES string of the molecule is CCN(CC)C[C@@H]1OC[C@@H](NC(=O)NC(C)C)[C@H]1O. The maximum Gasteiger partial charge on any atom is 0.315 e. The van der Waals surface area contributed by atoms with Crippen molar-refractivity contribution in [2.45, 2.75) is 52.0 Å². The quantitative estimate of drug-likeness (QED) is 0.645. The summed E-state index contributed by atoms with van der Waals surface area (Å²) in [6.45, 7) is 10.8. The van der Waals surface area contributed by atoms with Crippen LogP contribution in [0.2, 0.25) is 0 Å². The Morgan fingerprint density at radius 2 is 2.05 bits per heavy atom. The molecule has 0 saturated carbocycles. The van der Waals surface area contributed by atoms with Gasteiger partial charge in [-0.1, -0.05) is 13.8 Å². The summed E-state index contributed by atoms with van der Waals surface area (Å²) in [6.07, 6.45) is -0.886. The molecule has 1 rings (SSSR count). The second-order valence-electron chi connectivity index (χ2n) is 5.23. The number of ether oxygens (including phenoxy) is 1. The van der Waals surface area contributed by atoms with Gasteiger partial charge in [-0.15, -0.1) is 0 Å². The number of nitrogens with one attached hydrogen (secondary N) is 2. The molecular weight excluding hydrogens is 246 g/mol. The maximum atomic E-state index is 11.6. The van der Waals surface area contributed by atoms with Gasteiger partial charge in [0.25, 0.3) is 0 Å². The molecule has 2 amide bonds. The van der Waals surface area contributed by atoms with Crippen molar-refractivity contribution in [3.8, 4) is 0 Å². The smallest absolute Gasteiger partial charge is 0.315 e. The Balaban J connectivity index is 2.42. The molecule has 1 saturated heterocycles. The van der Waals surface area contributed by atoms with E-state index in [1.54, 1.807) is 0 Å². The topological polar surface area (TPSA) is 73.8 Å². The zero-order valence-electron chi connectivity index (χ0n) is 12.3. The third-order valence-electron chi connectivity index (χ3n) is 3.35. The van der Waals surface area contributed by atoms with Gasteiger partial charge in [-0.25, -0.2) is 4.79 Å². The number of carbonyl (C=O) groups is 1. The Bertz CT molecular complexity index is 282. The molecule has 1 fully saturated rings. The lowest BCUT2D eigenvalue weighted by atomic mass is 10.1. The highest BCUT2D eigenvalue weighted by atomic mass is 16.5. The molecule has 6 heteroatoms. The van der Waals surface area contributed by atoms with Gasteiger partial charge in [-0.2, -0.15) is 0 Å². The summed E-state index contributed by atoms with van der Waals surface area (Å²) in [7, 11) is 0. The highest BCUT2D eigenvalue weighted by Crippen LogP contribution is 2.15. The highest BCUT2D eigenvalue weighted by molar-refractivity contribution is 5.74. The Labute approximate surface area is 115 Å². The third-order valence-corrected chi connectivity index (χ3v) is 3.35. The standard InChI is InChI=1S/C13H27N3O3/c1-5-16(6-2)7-11-12(17)10(8-19-11)15-13(18)14-9(3)4/h9-12,17H,5-8H2,1-4H3,(H2,14,15,18)/t10-,11+,12-/m1/s1. The Morgan fingerprint density at radius 3 is 2.58 bits per heavy atom. The molecule has 3 N–H and O–H groups in total. The Morgan fingerprint density at radius 1 is 1.42 bits per heavy atom. The molecule has 0 aromatic carbocycles. The van der Waals surface area contributed by atoms with Crippen LogP contribution in [-0.4, -0.2) is 66.6 Å². The molecule has 0 spiro atoms. The van der Waals surface area contributed by atoms with Crippen LogP contribution in [0.5, 0.6) is 0 Å². The fraction of sp³-hybridized carbons (Fsp3) is 0.923. The summed E-state index contributed by atoms with van der Waals surface area (Å²) in [6, 6.07) is -0.517. The van der Waals surface area contributed by atoms with E-state index in [0.29, 0.717) is 13.2 Å². The van der Waals surface area contributed by atoms with Crippen molar-refractivity contribution in [3.05, 3.63) is 0 Å². The van der Waals surface area contributed by atoms with Crippen molar-refractivity contribution in [2.75, 3.05) is 26.2 Å². The molecule has 1 aliphatic heterocycles. The lowest BCUT2D eigenvalue weighted by Gasteiger charge is -2.25. The summed E-state index contributed by atoms with van der Waals surface area (Å²) in [5.41, 5.74) is 0. The van der Waals surface area contributed by atoms with E-state index in [9.17, 15) is 9.90 Å². The first-order chi connectivity index (χ1) is 8.97. The van der Waals surface area contributed by atoms with E-state index in [1.807, 2.05) is 13.8 Å². The molecule has 0 aliphatic carbocycles. The van der Waals surface area contributed by atoms with Gasteiger partial charge in [0.2, 0.25) is 0 Å². The van der Waals surface area contributed by atoms with Crippen molar-refractivity contribution in [3.63, 3.8) is 0 Å². The van der Waals surface area contributed by atoms with Crippen LogP contribution in [0.25, 0.3) is 0 Å². The van der Waals surface area contributed by atoms with Crippen LogP contribution in [-0.2, 0) is 4.74 Å². The highest BCUT2D eigenvalue weighted by Gasteiger charge is 2.37. The maximum absolute atomic E-state index is 11.6. The molecular formula is C13H27N3O3. The van der Waals surface area contributed by atoms with Crippen LogP contribution < -0.4 is 10.6 Å². The summed E-state index contributed by atoms with van der Waals surface area (Å²) in [4.78, 5) is 13.8. The number of hydrogen-bond acceptors (Lipinski definition) is 4. The summed E-state index contributed by atoms with van der Waals surface area (Å²) in [5.74, 6) is 0. The summed E-state index contributed by atoms with van der Waals surface area (Å²) < 4.78 is 5.58. The van der Waals surface area contributed by atoms with Crippen molar-refractivity contribution in [1.82, 2.24) is 15.5 Å². The van der Waals surface area contributed by atoms with Crippen LogP contribution in [0.4, 0.5) is 4.79 Å². The molecule has 0 aromatic heterocycles. The van der Waals surface area contributed by atoms with E-state index in [4.69, 9.17) is 4.74 Å². The van der Waals surface area contributed by atoms with Gasteiger partial charge in [0, 0.05) is 12.6 Å². The molecule has 1 heterocycles. The summed E-state index contributed by atoms with van der Waals surface area (Å²) in [5, 5.41) is 15.7. The monoisotopic (exact) mass is 273 g/mol. The fourth-order valence-corrected chi connectivity index (χ4v) is 2.18. The van der Waals surface area contributed by atoms with Crippen molar-refractivity contribution in [2.24, 2.45) is 0 Å². The van der Waals surface area contributed by atoms with Gasteiger partial charge >= 0.3 is 6.03 Å². The molecule has 0 aromatic rings. The average Bonchev–Trinajstić information content (AvgIpc) is 2.67. The molecule has 0 bridgehead atoms. The van der Waals surface area contributed by atoms with Gasteiger partial charge in [-0.3, -0.25) is 0 Å². The Hall–Kier alpha value is -0.850. The molecule has 112 valence electrons. The number of likely N-dealkylation sites (N-methyl/N-ethyl adjacent to an activating group) is 1. The predicted octanol–water partition coefficient (Wildman–Crippen LogP) is 0.164. The van der Waals surface area contributed by atoms with E-state index >= 15 is 0 Å². The second-order valence-corrected chi connectivity index (χ2v) is 5.23. The first-order valence-electron chi connectivity index (χ1n) is 7.06. The predicted molar refractivity (Wildman–Crippen MR) is 74.1 cm³/mol. The van der Waals surface area contributed by atoms with Crippen molar-refractivity contribution >= 4 is 6.03 Å². The number of nitrogens with zero attached hydrogens (tertiary/aromatic N) is 1. The van der Waals surface area contributed by atoms with E-state index < -0.39 is 6.10 Å². The molecule has 6 nitrogen and oxygen atoms in total. The van der Waals surface area contributed by atoms with E-state index in [0.717, 1.165) is 13.1 Å². The van der Waals surface area contributed by atoms with Gasteiger partial charge in [0.1, 0.15) is 6.10 Å². The molecule has 3 atom stereocenters. The second kappa shape index (κ2) is 7.67. The van der Waals surface area contributed by atoms with Crippen LogP contribution in [0.1, 0.15) is 27.7 Å². The number of rotatable bonds is 6. The van der Waals surface area contributed by atoms with Crippen LogP contribution in [0, 0.1) is 0 Å². The van der Waals surface area contributed by atoms with Gasteiger partial charge in [0.05, 0.1) is 18.8 Å². The summed E-state index contributed by atoms with van der Waals surface area (Å²) >= 11 is 0. The van der Waals surface area contributed by atoms with Crippen LogP contribution >= 0.6 is 0 Å². The normalized spacial score (nSPS) is 27.0. The van der Waals surface area contributed by atoms with Gasteiger partial charge in [0.15, 0.2) is 0 Å². The lowest BCUT2D eigenvalue weighted by molar-refractivity contribution is 0.0173. The van der Waals surface area contributed by atoms with E-state index in [1.165, 1.54) is 0 Å². The van der Waals surface area contributed by atoms with Crippen molar-refractivity contribution in [1.29, 1.82) is 0 Å². The molecule has 0 unspecified atom stereocenters. The minimum atomic E-state index is -0.654. The van der Waals surface area contributed by atoms with Crippen molar-refractivity contribution < 1.29 is 14.6 Å². The zero-order chi connectivity index (χ0) is 14.4. The average molecular weight is 273 g/mol. The zero-order valence-corrected chi connectivity index (χ0v) is 12.3. The lowest BCUT2D eigenvalue weighted by Crippen LogP contribution is -2.50. The van der Waals surface area contributed by atoms with Gasteiger partial charge < -0.3 is 25.4 Å². The first-order valence-corrected chi connectivity index (χ1v) is 7.06. The molecule has 1 aliphatic rings.